The van der Waals surface area contributed by atoms with Gasteiger partial charge in [-0.1, -0.05) is 6.42 Å². The minimum absolute atomic E-state index is 0.0917. The Balaban J connectivity index is 1.97. The molecule has 0 spiro atoms. The molecule has 0 aromatic carbocycles. The lowest BCUT2D eigenvalue weighted by atomic mass is 10.0. The van der Waals surface area contributed by atoms with Gasteiger partial charge < -0.3 is 15.6 Å². The average Bonchev–Trinajstić information content (AvgIpc) is 2.86. The summed E-state index contributed by atoms with van der Waals surface area (Å²) in [6, 6.07) is 0.222. The van der Waals surface area contributed by atoms with Crippen LogP contribution in [0.2, 0.25) is 0 Å². The summed E-state index contributed by atoms with van der Waals surface area (Å²) in [7, 11) is 1.85. The number of aromatic nitrogens is 2. The van der Waals surface area contributed by atoms with Crippen LogP contribution in [0.5, 0.6) is 0 Å². The van der Waals surface area contributed by atoms with Crippen molar-refractivity contribution in [3.63, 3.8) is 0 Å². The van der Waals surface area contributed by atoms with E-state index in [1.165, 1.54) is 0 Å². The van der Waals surface area contributed by atoms with Gasteiger partial charge in [0.05, 0.1) is 6.33 Å². The Morgan fingerprint density at radius 2 is 2.50 bits per heavy atom. The number of imidazole rings is 1. The number of nitrogens with one attached hydrogen (secondary N) is 1. The SMILES string of the molecule is Cn1cnc(C(=O)NC2CCCC2CN)c1. The van der Waals surface area contributed by atoms with Gasteiger partial charge in [0, 0.05) is 19.3 Å². The van der Waals surface area contributed by atoms with Crippen molar-refractivity contribution < 1.29 is 4.79 Å². The highest BCUT2D eigenvalue weighted by Gasteiger charge is 2.27. The maximum atomic E-state index is 11.8. The number of hydrogen-bond donors (Lipinski definition) is 2. The molecular formula is C11H18N4O. The second-order valence-electron chi connectivity index (χ2n) is 4.43. The van der Waals surface area contributed by atoms with E-state index in [4.69, 9.17) is 5.73 Å². The molecule has 1 saturated carbocycles. The molecule has 0 radical (unpaired) electrons. The van der Waals surface area contributed by atoms with E-state index < -0.39 is 0 Å². The van der Waals surface area contributed by atoms with Gasteiger partial charge in [-0.2, -0.15) is 0 Å². The number of amides is 1. The van der Waals surface area contributed by atoms with Crippen LogP contribution in [0.4, 0.5) is 0 Å². The van der Waals surface area contributed by atoms with Crippen LogP contribution < -0.4 is 11.1 Å². The van der Waals surface area contributed by atoms with E-state index in [1.807, 2.05) is 7.05 Å². The first kappa shape index (κ1) is 11.1. The molecule has 1 aromatic rings. The standard InChI is InChI=1S/C11H18N4O/c1-15-6-10(13-7-15)11(16)14-9-4-2-3-8(9)5-12/h6-9H,2-5,12H2,1H3,(H,14,16). The van der Waals surface area contributed by atoms with Crippen LogP contribution in [0.1, 0.15) is 29.8 Å². The van der Waals surface area contributed by atoms with Gasteiger partial charge in [0.25, 0.3) is 5.91 Å². The fourth-order valence-electron chi connectivity index (χ4n) is 2.28. The summed E-state index contributed by atoms with van der Waals surface area (Å²) in [6.07, 6.45) is 6.64. The molecule has 1 heterocycles. The highest BCUT2D eigenvalue weighted by atomic mass is 16.2. The van der Waals surface area contributed by atoms with Gasteiger partial charge in [0.1, 0.15) is 5.69 Å². The van der Waals surface area contributed by atoms with Crippen LogP contribution in [0.15, 0.2) is 12.5 Å². The van der Waals surface area contributed by atoms with Crippen molar-refractivity contribution in [2.45, 2.75) is 25.3 Å². The lowest BCUT2D eigenvalue weighted by molar-refractivity contribution is 0.0924. The summed E-state index contributed by atoms with van der Waals surface area (Å²) >= 11 is 0. The molecule has 88 valence electrons. The first-order valence-electron chi connectivity index (χ1n) is 5.69. The van der Waals surface area contributed by atoms with Gasteiger partial charge in [-0.05, 0) is 25.3 Å². The van der Waals surface area contributed by atoms with Gasteiger partial charge in [0.15, 0.2) is 0 Å². The number of rotatable bonds is 3. The number of hydrogen-bond acceptors (Lipinski definition) is 3. The molecule has 2 unspecified atom stereocenters. The number of aryl methyl sites for hydroxylation is 1. The Bertz CT molecular complexity index is 374. The summed E-state index contributed by atoms with van der Waals surface area (Å²) < 4.78 is 1.77. The Labute approximate surface area is 95.0 Å². The highest BCUT2D eigenvalue weighted by molar-refractivity contribution is 5.92. The molecule has 3 N–H and O–H groups in total. The first-order chi connectivity index (χ1) is 7.70. The van der Waals surface area contributed by atoms with Gasteiger partial charge >= 0.3 is 0 Å². The fourth-order valence-corrected chi connectivity index (χ4v) is 2.28. The Morgan fingerprint density at radius 3 is 3.12 bits per heavy atom. The van der Waals surface area contributed by atoms with E-state index in [9.17, 15) is 4.79 Å². The second kappa shape index (κ2) is 4.65. The molecule has 1 fully saturated rings. The molecule has 5 heteroatoms. The minimum atomic E-state index is -0.0917. The predicted molar refractivity (Wildman–Crippen MR) is 60.9 cm³/mol. The zero-order valence-electron chi connectivity index (χ0n) is 9.52. The number of nitrogens with zero attached hydrogens (tertiary/aromatic N) is 2. The van der Waals surface area contributed by atoms with Crippen LogP contribution in [0, 0.1) is 5.92 Å². The van der Waals surface area contributed by atoms with Crippen molar-refractivity contribution in [2.75, 3.05) is 6.54 Å². The molecule has 16 heavy (non-hydrogen) atoms. The molecule has 0 saturated heterocycles. The zero-order chi connectivity index (χ0) is 11.5. The highest BCUT2D eigenvalue weighted by Crippen LogP contribution is 2.24. The van der Waals surface area contributed by atoms with E-state index in [-0.39, 0.29) is 11.9 Å². The van der Waals surface area contributed by atoms with Gasteiger partial charge in [-0.3, -0.25) is 4.79 Å². The maximum absolute atomic E-state index is 11.8. The normalized spacial score (nSPS) is 24.6. The molecule has 1 aliphatic carbocycles. The average molecular weight is 222 g/mol. The molecule has 1 aliphatic rings. The number of nitrogens with two attached hydrogens (primary N) is 1. The molecule has 0 bridgehead atoms. The minimum Gasteiger partial charge on any atom is -0.348 e. The molecule has 5 nitrogen and oxygen atoms in total. The first-order valence-corrected chi connectivity index (χ1v) is 5.69. The summed E-state index contributed by atoms with van der Waals surface area (Å²) in [5.41, 5.74) is 6.15. The van der Waals surface area contributed by atoms with E-state index >= 15 is 0 Å². The Morgan fingerprint density at radius 1 is 1.69 bits per heavy atom. The van der Waals surface area contributed by atoms with Crippen molar-refractivity contribution in [3.05, 3.63) is 18.2 Å². The Hall–Kier alpha value is -1.36. The van der Waals surface area contributed by atoms with Crippen LogP contribution >= 0.6 is 0 Å². The van der Waals surface area contributed by atoms with Crippen LogP contribution in [0.25, 0.3) is 0 Å². The third kappa shape index (κ3) is 2.24. The third-order valence-corrected chi connectivity index (χ3v) is 3.22. The summed E-state index contributed by atoms with van der Waals surface area (Å²) in [5.74, 6) is 0.332. The quantitative estimate of drug-likeness (QED) is 0.771. The molecule has 1 amide bonds. The number of carbonyl (C=O) groups excluding carboxylic acids is 1. The van der Waals surface area contributed by atoms with E-state index in [1.54, 1.807) is 17.1 Å². The van der Waals surface area contributed by atoms with Crippen molar-refractivity contribution >= 4 is 5.91 Å². The predicted octanol–water partition coefficient (Wildman–Crippen LogP) is 0.277. The molecular weight excluding hydrogens is 204 g/mol. The van der Waals surface area contributed by atoms with Crippen molar-refractivity contribution in [1.29, 1.82) is 0 Å². The summed E-state index contributed by atoms with van der Waals surface area (Å²) in [4.78, 5) is 15.9. The van der Waals surface area contributed by atoms with E-state index in [0.29, 0.717) is 18.2 Å². The zero-order valence-corrected chi connectivity index (χ0v) is 9.52. The van der Waals surface area contributed by atoms with Gasteiger partial charge in [-0.25, -0.2) is 4.98 Å². The molecule has 0 aliphatic heterocycles. The topological polar surface area (TPSA) is 72.9 Å². The summed E-state index contributed by atoms with van der Waals surface area (Å²) in [6.45, 7) is 0.646. The van der Waals surface area contributed by atoms with Crippen molar-refractivity contribution in [3.8, 4) is 0 Å². The molecule has 1 aromatic heterocycles. The Kier molecular flexibility index (Phi) is 3.24. The van der Waals surface area contributed by atoms with Crippen molar-refractivity contribution in [2.24, 2.45) is 18.7 Å². The van der Waals surface area contributed by atoms with Crippen molar-refractivity contribution in [1.82, 2.24) is 14.9 Å². The number of carbonyl (C=O) groups is 1. The molecule has 2 rings (SSSR count). The lowest BCUT2D eigenvalue weighted by Crippen LogP contribution is -2.40. The summed E-state index contributed by atoms with van der Waals surface area (Å²) in [5, 5.41) is 3.01. The van der Waals surface area contributed by atoms with Gasteiger partial charge in [0.2, 0.25) is 0 Å². The van der Waals surface area contributed by atoms with E-state index in [0.717, 1.165) is 19.3 Å². The van der Waals surface area contributed by atoms with E-state index in [2.05, 4.69) is 10.3 Å². The third-order valence-electron chi connectivity index (χ3n) is 3.22. The smallest absolute Gasteiger partial charge is 0.271 e. The molecule has 2 atom stereocenters. The fraction of sp³-hybridized carbons (Fsp3) is 0.636. The van der Waals surface area contributed by atoms with Crippen LogP contribution in [-0.4, -0.2) is 28.0 Å². The van der Waals surface area contributed by atoms with Gasteiger partial charge in [-0.15, -0.1) is 0 Å². The van der Waals surface area contributed by atoms with Crippen LogP contribution in [-0.2, 0) is 7.05 Å². The lowest BCUT2D eigenvalue weighted by Gasteiger charge is -2.18. The second-order valence-corrected chi connectivity index (χ2v) is 4.43. The largest absolute Gasteiger partial charge is 0.348 e. The maximum Gasteiger partial charge on any atom is 0.271 e. The monoisotopic (exact) mass is 222 g/mol. The van der Waals surface area contributed by atoms with Crippen LogP contribution in [0.3, 0.4) is 0 Å².